The first-order valence-corrected chi connectivity index (χ1v) is 12.7. The van der Waals surface area contributed by atoms with Gasteiger partial charge < -0.3 is 4.74 Å². The van der Waals surface area contributed by atoms with Gasteiger partial charge in [-0.1, -0.05) is 29.3 Å². The van der Waals surface area contributed by atoms with Crippen LogP contribution in [0.3, 0.4) is 0 Å². The Bertz CT molecular complexity index is 1590. The number of nitrogens with zero attached hydrogens (tertiary/aromatic N) is 5. The highest BCUT2D eigenvalue weighted by molar-refractivity contribution is 7.90. The summed E-state index contributed by atoms with van der Waals surface area (Å²) < 4.78 is 36.0. The third-order valence-corrected chi connectivity index (χ3v) is 8.95. The number of ether oxygens (including phenoxy) is 1. The first-order valence-electron chi connectivity index (χ1n) is 10.9. The summed E-state index contributed by atoms with van der Waals surface area (Å²) in [6.45, 7) is 3.49. The van der Waals surface area contributed by atoms with Crippen LogP contribution >= 0.6 is 11.6 Å². The van der Waals surface area contributed by atoms with Crippen molar-refractivity contribution >= 4 is 32.7 Å². The zero-order valence-electron chi connectivity index (χ0n) is 18.3. The fraction of sp³-hybridized carbons (Fsp3) is 0.292. The Kier molecular flexibility index (Phi) is 4.65. The fourth-order valence-corrected chi connectivity index (χ4v) is 6.57. The fourth-order valence-electron chi connectivity index (χ4n) is 4.86. The lowest BCUT2D eigenvalue weighted by molar-refractivity contribution is -0.175. The minimum Gasteiger partial charge on any atom is -0.380 e. The lowest BCUT2D eigenvalue weighted by atomic mass is 9.64. The van der Waals surface area contributed by atoms with Crippen LogP contribution in [0.1, 0.15) is 30.0 Å². The molecule has 0 unspecified atom stereocenters. The minimum absolute atomic E-state index is 0.137. The van der Waals surface area contributed by atoms with Gasteiger partial charge in [-0.3, -0.25) is 4.68 Å². The van der Waals surface area contributed by atoms with Gasteiger partial charge >= 0.3 is 0 Å². The van der Waals surface area contributed by atoms with Crippen molar-refractivity contribution in [3.05, 3.63) is 65.1 Å². The average Bonchev–Trinajstić information content (AvgIpc) is 3.38. The molecule has 34 heavy (non-hydrogen) atoms. The summed E-state index contributed by atoms with van der Waals surface area (Å²) in [4.78, 5) is 4.45. The zero-order chi connectivity index (χ0) is 23.7. The van der Waals surface area contributed by atoms with Crippen molar-refractivity contribution in [2.45, 2.75) is 30.7 Å². The van der Waals surface area contributed by atoms with Gasteiger partial charge in [-0.2, -0.15) is 10.4 Å². The first-order chi connectivity index (χ1) is 16.3. The van der Waals surface area contributed by atoms with Gasteiger partial charge in [0.25, 0.3) is 10.0 Å². The molecule has 1 aromatic carbocycles. The van der Waals surface area contributed by atoms with Gasteiger partial charge in [0.05, 0.1) is 46.6 Å². The predicted octanol–water partition coefficient (Wildman–Crippen LogP) is 4.32. The Labute approximate surface area is 201 Å². The molecule has 4 aromatic rings. The maximum atomic E-state index is 13.8. The molecule has 6 rings (SSSR count). The monoisotopic (exact) mass is 493 g/mol. The van der Waals surface area contributed by atoms with E-state index in [1.807, 2.05) is 23.9 Å². The lowest BCUT2D eigenvalue weighted by Gasteiger charge is -2.53. The normalized spacial score (nSPS) is 17.4. The van der Waals surface area contributed by atoms with Gasteiger partial charge in [-0.25, -0.2) is 17.4 Å². The highest BCUT2D eigenvalue weighted by Gasteiger charge is 2.50. The summed E-state index contributed by atoms with van der Waals surface area (Å²) in [5.74, 6) is 0. The molecule has 172 valence electrons. The van der Waals surface area contributed by atoms with Crippen LogP contribution in [0.2, 0.25) is 5.02 Å². The van der Waals surface area contributed by atoms with Crippen molar-refractivity contribution in [1.29, 1.82) is 5.26 Å². The molecule has 0 radical (unpaired) electrons. The van der Waals surface area contributed by atoms with Gasteiger partial charge in [0, 0.05) is 28.8 Å². The number of fused-ring (bicyclic) bond motifs is 1. The van der Waals surface area contributed by atoms with Crippen molar-refractivity contribution in [1.82, 2.24) is 18.7 Å². The van der Waals surface area contributed by atoms with Crippen LogP contribution in [0.5, 0.6) is 0 Å². The molecule has 0 atom stereocenters. The van der Waals surface area contributed by atoms with E-state index in [2.05, 4.69) is 10.1 Å². The van der Waals surface area contributed by atoms with Crippen LogP contribution in [0.15, 0.2) is 53.8 Å². The van der Waals surface area contributed by atoms with Crippen molar-refractivity contribution in [2.75, 3.05) is 13.2 Å². The van der Waals surface area contributed by atoms with E-state index < -0.39 is 10.0 Å². The number of pyridine rings is 1. The Morgan fingerprint density at radius 1 is 1.21 bits per heavy atom. The molecule has 1 saturated heterocycles. The Hall–Kier alpha value is -3.19. The topological polar surface area (TPSA) is 103 Å². The molecule has 0 bridgehead atoms. The second kappa shape index (κ2) is 7.40. The van der Waals surface area contributed by atoms with Crippen molar-refractivity contribution in [3.8, 4) is 17.3 Å². The van der Waals surface area contributed by atoms with Crippen molar-refractivity contribution in [2.24, 2.45) is 5.41 Å². The van der Waals surface area contributed by atoms with E-state index in [0.717, 1.165) is 31.6 Å². The number of rotatable bonds is 4. The Morgan fingerprint density at radius 2 is 1.94 bits per heavy atom. The Morgan fingerprint density at radius 3 is 2.59 bits per heavy atom. The number of hydrogen-bond donors (Lipinski definition) is 0. The predicted molar refractivity (Wildman–Crippen MR) is 126 cm³/mol. The number of halogens is 1. The van der Waals surface area contributed by atoms with E-state index in [0.29, 0.717) is 16.6 Å². The first kappa shape index (κ1) is 21.4. The summed E-state index contributed by atoms with van der Waals surface area (Å²) in [5, 5.41) is 14.5. The van der Waals surface area contributed by atoms with Gasteiger partial charge in [-0.15, -0.1) is 0 Å². The molecule has 1 spiro atoms. The second-order valence-corrected chi connectivity index (χ2v) is 11.4. The molecule has 0 amide bonds. The highest BCUT2D eigenvalue weighted by Crippen LogP contribution is 2.53. The molecule has 1 aliphatic heterocycles. The van der Waals surface area contributed by atoms with E-state index in [9.17, 15) is 13.7 Å². The summed E-state index contributed by atoms with van der Waals surface area (Å²) >= 11 is 6.47. The van der Waals surface area contributed by atoms with Crippen molar-refractivity contribution in [3.63, 3.8) is 0 Å². The molecule has 10 heteroatoms. The second-order valence-electron chi connectivity index (χ2n) is 9.21. The summed E-state index contributed by atoms with van der Waals surface area (Å²) in [5.41, 5.74) is 2.62. The molecule has 2 fully saturated rings. The van der Waals surface area contributed by atoms with E-state index in [4.69, 9.17) is 16.3 Å². The Balaban J connectivity index is 1.51. The van der Waals surface area contributed by atoms with E-state index >= 15 is 0 Å². The summed E-state index contributed by atoms with van der Waals surface area (Å²) in [6.07, 6.45) is 6.82. The minimum atomic E-state index is -4.01. The van der Waals surface area contributed by atoms with Crippen LogP contribution in [0.25, 0.3) is 22.3 Å². The third-order valence-electron chi connectivity index (χ3n) is 6.83. The van der Waals surface area contributed by atoms with Crippen molar-refractivity contribution < 1.29 is 13.2 Å². The van der Waals surface area contributed by atoms with Crippen LogP contribution < -0.4 is 0 Å². The van der Waals surface area contributed by atoms with Gasteiger partial charge in [0.15, 0.2) is 5.65 Å². The third kappa shape index (κ3) is 3.10. The van der Waals surface area contributed by atoms with Crippen LogP contribution in [-0.4, -0.2) is 40.4 Å². The molecule has 3 aromatic heterocycles. The van der Waals surface area contributed by atoms with E-state index in [1.54, 1.807) is 36.5 Å². The van der Waals surface area contributed by atoms with Gasteiger partial charge in [-0.05, 0) is 38.0 Å². The molecule has 1 saturated carbocycles. The molecular weight excluding hydrogens is 474 g/mol. The van der Waals surface area contributed by atoms with Crippen LogP contribution in [0.4, 0.5) is 0 Å². The highest BCUT2D eigenvalue weighted by atomic mass is 35.5. The van der Waals surface area contributed by atoms with Crippen LogP contribution in [-0.2, 0) is 14.8 Å². The number of aromatic nitrogens is 4. The quantitative estimate of drug-likeness (QED) is 0.419. The largest absolute Gasteiger partial charge is 0.380 e. The molecule has 4 heterocycles. The smallest absolute Gasteiger partial charge is 0.269 e. The number of aryl methyl sites for hydroxylation is 1. The standard InChI is InChI=1S/C24H20ClN5O3S/c1-15-2-4-19(5-3-15)34(31,32)30-21(6-20-22(25)16(9-26)10-27-23(20)30)17-11-28-29(12-17)18-7-24(8-18)13-33-14-24/h2-6,10-12,18H,7-8,13-14H2,1H3. The van der Waals surface area contributed by atoms with Gasteiger partial charge in [0.1, 0.15) is 6.07 Å². The number of nitriles is 1. The summed E-state index contributed by atoms with van der Waals surface area (Å²) in [6, 6.07) is 10.6. The lowest BCUT2D eigenvalue weighted by Crippen LogP contribution is -2.52. The van der Waals surface area contributed by atoms with E-state index in [-0.39, 0.29) is 32.6 Å². The number of hydrogen-bond acceptors (Lipinski definition) is 6. The molecule has 0 N–H and O–H groups in total. The number of benzene rings is 1. The molecule has 8 nitrogen and oxygen atoms in total. The van der Waals surface area contributed by atoms with Crippen LogP contribution in [0, 0.1) is 23.7 Å². The van der Waals surface area contributed by atoms with Gasteiger partial charge in [0.2, 0.25) is 0 Å². The van der Waals surface area contributed by atoms with E-state index in [1.165, 1.54) is 10.2 Å². The maximum absolute atomic E-state index is 13.8. The molecule has 2 aliphatic rings. The summed E-state index contributed by atoms with van der Waals surface area (Å²) in [7, 11) is -4.01. The average molecular weight is 494 g/mol. The molecular formula is C24H20ClN5O3S. The molecule has 1 aliphatic carbocycles. The maximum Gasteiger partial charge on any atom is 0.269 e. The zero-order valence-corrected chi connectivity index (χ0v) is 19.8. The SMILES string of the molecule is Cc1ccc(S(=O)(=O)n2c(-c3cnn(C4CC5(COC5)C4)c3)cc3c(Cl)c(C#N)cnc32)cc1.